The smallest absolute Gasteiger partial charge is 0.240 e. The summed E-state index contributed by atoms with van der Waals surface area (Å²) in [4.78, 5) is 21.5. The number of fused-ring (bicyclic) bond motifs is 5. The summed E-state index contributed by atoms with van der Waals surface area (Å²) in [5, 5.41) is 6.51. The van der Waals surface area contributed by atoms with Crippen molar-refractivity contribution in [3.05, 3.63) is 59.2 Å². The predicted molar refractivity (Wildman–Crippen MR) is 134 cm³/mol. The maximum Gasteiger partial charge on any atom is 0.240 e. The number of anilines is 3. The van der Waals surface area contributed by atoms with Gasteiger partial charge in [-0.3, -0.25) is 4.79 Å². The predicted octanol–water partition coefficient (Wildman–Crippen LogP) is 4.50. The number of nitrogens with zero attached hydrogens (tertiary/aromatic N) is 2. The highest BCUT2D eigenvalue weighted by Crippen LogP contribution is 2.45. The topological polar surface area (TPSA) is 113 Å². The van der Waals surface area contributed by atoms with Crippen LogP contribution in [-0.2, 0) is 21.2 Å². The lowest BCUT2D eigenvalue weighted by Crippen LogP contribution is -2.38. The highest BCUT2D eigenvalue weighted by atomic mass is 35.5. The molecule has 2 heterocycles. The van der Waals surface area contributed by atoms with Gasteiger partial charge in [0.2, 0.25) is 21.9 Å². The summed E-state index contributed by atoms with van der Waals surface area (Å²) in [6.45, 7) is 0. The molecule has 2 fully saturated rings. The van der Waals surface area contributed by atoms with E-state index < -0.39 is 10.0 Å². The number of nitrogens with one attached hydrogen (secondary N) is 3. The van der Waals surface area contributed by atoms with Crippen molar-refractivity contribution in [3.63, 3.8) is 0 Å². The largest absolute Gasteiger partial charge is 0.325 e. The molecule has 8 nitrogen and oxygen atoms in total. The van der Waals surface area contributed by atoms with Crippen LogP contribution in [0.15, 0.2) is 53.6 Å². The molecule has 10 heteroatoms. The first kappa shape index (κ1) is 22.5. The average Bonchev–Trinajstić information content (AvgIpc) is 3.40. The van der Waals surface area contributed by atoms with Crippen molar-refractivity contribution < 1.29 is 13.2 Å². The average molecular weight is 510 g/mol. The van der Waals surface area contributed by atoms with E-state index in [4.69, 9.17) is 11.6 Å². The molecule has 35 heavy (non-hydrogen) atoms. The Morgan fingerprint density at radius 2 is 1.89 bits per heavy atom. The van der Waals surface area contributed by atoms with Crippen LogP contribution in [0.2, 0.25) is 5.02 Å². The van der Waals surface area contributed by atoms with E-state index in [1.54, 1.807) is 42.6 Å². The minimum absolute atomic E-state index is 0.0451. The lowest BCUT2D eigenvalue weighted by atomic mass is 9.96. The van der Waals surface area contributed by atoms with Crippen LogP contribution in [0.1, 0.15) is 31.2 Å². The Hall–Kier alpha value is -3.01. The Balaban J connectivity index is 1.22. The number of carbonyl (C=O) groups is 1. The summed E-state index contributed by atoms with van der Waals surface area (Å²) in [7, 11) is -3.57. The minimum atomic E-state index is -3.57. The zero-order chi connectivity index (χ0) is 24.2. The molecule has 180 valence electrons. The third-order valence-electron chi connectivity index (χ3n) is 7.19. The third kappa shape index (κ3) is 4.39. The first-order valence-electron chi connectivity index (χ1n) is 11.7. The van der Waals surface area contributed by atoms with E-state index in [0.717, 1.165) is 24.8 Å². The van der Waals surface area contributed by atoms with E-state index in [0.29, 0.717) is 45.4 Å². The number of hydrogen-bond acceptors (Lipinski definition) is 6. The van der Waals surface area contributed by atoms with Gasteiger partial charge >= 0.3 is 0 Å². The molecule has 3 N–H and O–H groups in total. The summed E-state index contributed by atoms with van der Waals surface area (Å²) in [6, 6.07) is 11.9. The molecule has 2 bridgehead atoms. The number of benzene rings is 2. The lowest BCUT2D eigenvalue weighted by molar-refractivity contribution is -0.115. The molecule has 2 aliphatic carbocycles. The second-order valence-electron chi connectivity index (χ2n) is 9.53. The number of rotatable bonds is 5. The maximum absolute atomic E-state index is 12.9. The fourth-order valence-corrected chi connectivity index (χ4v) is 7.02. The van der Waals surface area contributed by atoms with Gasteiger partial charge in [-0.15, -0.1) is 0 Å². The van der Waals surface area contributed by atoms with E-state index in [9.17, 15) is 13.2 Å². The molecule has 1 amide bonds. The van der Waals surface area contributed by atoms with Crippen molar-refractivity contribution in [2.45, 2.75) is 43.0 Å². The first-order chi connectivity index (χ1) is 16.8. The van der Waals surface area contributed by atoms with Crippen LogP contribution in [0.5, 0.6) is 0 Å². The van der Waals surface area contributed by atoms with Crippen molar-refractivity contribution in [2.75, 3.05) is 10.6 Å². The van der Waals surface area contributed by atoms with Crippen LogP contribution in [-0.4, -0.2) is 30.3 Å². The molecule has 3 aliphatic rings. The standard InChI is InChI=1S/C25H24ClN5O3S/c26-17-3-8-20-22(12-17)29-23(32)11-16-13-27-25(30-24(16)20)28-18-4-6-19(7-5-18)35(33,34)31-21-10-14-1-2-15(21)9-14/h3-8,12-15,21,31H,1-2,9-11H2,(H,29,32)(H,27,28,30)/t14-,15-,21-/m1/s1. The molecule has 0 radical (unpaired) electrons. The number of carbonyl (C=O) groups excluding carboxylic acids is 1. The van der Waals surface area contributed by atoms with Crippen molar-refractivity contribution in [2.24, 2.45) is 11.8 Å². The van der Waals surface area contributed by atoms with Gasteiger partial charge in [-0.1, -0.05) is 18.0 Å². The quantitative estimate of drug-likeness (QED) is 0.466. The summed E-state index contributed by atoms with van der Waals surface area (Å²) < 4.78 is 28.7. The second kappa shape index (κ2) is 8.58. The van der Waals surface area contributed by atoms with E-state index in [1.165, 1.54) is 6.42 Å². The molecule has 0 saturated heterocycles. The Kier molecular flexibility index (Phi) is 5.51. The van der Waals surface area contributed by atoms with Crippen molar-refractivity contribution in [1.29, 1.82) is 0 Å². The lowest BCUT2D eigenvalue weighted by Gasteiger charge is -2.22. The van der Waals surface area contributed by atoms with E-state index in [2.05, 4.69) is 25.3 Å². The zero-order valence-electron chi connectivity index (χ0n) is 18.8. The van der Waals surface area contributed by atoms with Gasteiger partial charge in [-0.2, -0.15) is 0 Å². The molecule has 1 aromatic heterocycles. The van der Waals surface area contributed by atoms with Crippen LogP contribution in [0.25, 0.3) is 11.3 Å². The Labute approximate surface area is 208 Å². The number of halogens is 1. The Morgan fingerprint density at radius 1 is 1.06 bits per heavy atom. The van der Waals surface area contributed by atoms with Crippen LogP contribution in [0.3, 0.4) is 0 Å². The number of sulfonamides is 1. The van der Waals surface area contributed by atoms with E-state index >= 15 is 0 Å². The summed E-state index contributed by atoms with van der Waals surface area (Å²) in [5.74, 6) is 1.31. The molecule has 1 aliphatic heterocycles. The molecule has 0 spiro atoms. The van der Waals surface area contributed by atoms with Gasteiger partial charge in [0.05, 0.1) is 22.7 Å². The molecular formula is C25H24ClN5O3S. The molecule has 3 atom stereocenters. The Morgan fingerprint density at radius 3 is 2.63 bits per heavy atom. The van der Waals surface area contributed by atoms with E-state index in [1.807, 2.05) is 6.07 Å². The van der Waals surface area contributed by atoms with Crippen LogP contribution in [0, 0.1) is 11.8 Å². The van der Waals surface area contributed by atoms with Crippen LogP contribution >= 0.6 is 11.6 Å². The normalized spacial score (nSPS) is 22.8. The molecule has 6 rings (SSSR count). The van der Waals surface area contributed by atoms with Gasteiger partial charge in [0.15, 0.2) is 0 Å². The first-order valence-corrected chi connectivity index (χ1v) is 13.6. The molecule has 0 unspecified atom stereocenters. The van der Waals surface area contributed by atoms with Crippen LogP contribution in [0.4, 0.5) is 17.3 Å². The molecule has 2 saturated carbocycles. The highest BCUT2D eigenvalue weighted by molar-refractivity contribution is 7.89. The number of aromatic nitrogens is 2. The van der Waals surface area contributed by atoms with Gasteiger partial charge in [-0.25, -0.2) is 23.1 Å². The van der Waals surface area contributed by atoms with Gasteiger partial charge in [0, 0.05) is 34.1 Å². The van der Waals surface area contributed by atoms with Gasteiger partial charge in [0.25, 0.3) is 0 Å². The molecular weight excluding hydrogens is 486 g/mol. The monoisotopic (exact) mass is 509 g/mol. The number of hydrogen-bond donors (Lipinski definition) is 3. The maximum atomic E-state index is 12.9. The Bertz CT molecular complexity index is 1430. The highest BCUT2D eigenvalue weighted by Gasteiger charge is 2.41. The summed E-state index contributed by atoms with van der Waals surface area (Å²) in [5.41, 5.74) is 3.37. The zero-order valence-corrected chi connectivity index (χ0v) is 20.4. The third-order valence-corrected chi connectivity index (χ3v) is 8.93. The number of amides is 1. The molecule has 2 aromatic carbocycles. The van der Waals surface area contributed by atoms with Crippen molar-refractivity contribution in [1.82, 2.24) is 14.7 Å². The van der Waals surface area contributed by atoms with Gasteiger partial charge in [0.1, 0.15) is 0 Å². The van der Waals surface area contributed by atoms with Gasteiger partial charge < -0.3 is 10.6 Å². The molecule has 3 aromatic rings. The minimum Gasteiger partial charge on any atom is -0.325 e. The second-order valence-corrected chi connectivity index (χ2v) is 11.7. The fraction of sp³-hybridized carbons (Fsp3) is 0.320. The summed E-state index contributed by atoms with van der Waals surface area (Å²) >= 11 is 6.11. The van der Waals surface area contributed by atoms with Crippen molar-refractivity contribution in [3.8, 4) is 11.3 Å². The van der Waals surface area contributed by atoms with E-state index in [-0.39, 0.29) is 23.3 Å². The van der Waals surface area contributed by atoms with Crippen molar-refractivity contribution >= 4 is 44.9 Å². The van der Waals surface area contributed by atoms with Crippen LogP contribution < -0.4 is 15.4 Å². The summed E-state index contributed by atoms with van der Waals surface area (Å²) in [6.07, 6.45) is 6.20. The van der Waals surface area contributed by atoms with Gasteiger partial charge in [-0.05, 0) is 73.6 Å². The SMILES string of the molecule is O=C1Cc2cnc(Nc3ccc(S(=O)(=O)N[C@@H]4C[C@@H]5CC[C@@H]4C5)cc3)nc2-c2ccc(Cl)cc2N1. The fourth-order valence-electron chi connectivity index (χ4n) is 5.53.